The lowest BCUT2D eigenvalue weighted by atomic mass is 9.93. The minimum atomic E-state index is -1.01. The van der Waals surface area contributed by atoms with Crippen molar-refractivity contribution >= 4 is 46.6 Å². The highest BCUT2D eigenvalue weighted by Gasteiger charge is 2.35. The van der Waals surface area contributed by atoms with Crippen LogP contribution in [0.15, 0.2) is 100 Å². The Hall–Kier alpha value is -4.99. The van der Waals surface area contributed by atoms with Crippen molar-refractivity contribution in [3.8, 4) is 5.69 Å². The molecular weight excluding hydrogens is 610 g/mol. The lowest BCUT2D eigenvalue weighted by Gasteiger charge is -2.25. The van der Waals surface area contributed by atoms with Crippen LogP contribution in [0.5, 0.6) is 0 Å². The normalized spacial score (nSPS) is 14.7. The summed E-state index contributed by atoms with van der Waals surface area (Å²) >= 11 is 7.46. The summed E-state index contributed by atoms with van der Waals surface area (Å²) in [5.74, 6) is -1.56. The van der Waals surface area contributed by atoms with Gasteiger partial charge in [0.15, 0.2) is 4.80 Å². The molecule has 1 aliphatic rings. The number of aryl methyl sites for hydroxylation is 1. The van der Waals surface area contributed by atoms with Crippen LogP contribution >= 0.6 is 22.9 Å². The van der Waals surface area contributed by atoms with Gasteiger partial charge < -0.3 is 14.4 Å². The summed E-state index contributed by atoms with van der Waals surface area (Å²) in [6, 6.07) is 24.3. The van der Waals surface area contributed by atoms with Gasteiger partial charge in [-0.1, -0.05) is 71.5 Å². The standard InChI is InChI=1S/C35H28ClN3O5S/c1-4-44-34(43)29-30(22-9-6-5-7-10-22)37-35-39(31(29)23-13-15-26(36)16-14-23)32(40)28(45-35)19-25-17-20(2)38(21(25)3)27-12-8-11-24(18-27)33(41)42/h5-19,31H,4H2,1-3H3,(H,41,42)/b28-19-/t31-/m0/s1. The maximum absolute atomic E-state index is 14.2. The molecule has 0 aliphatic carbocycles. The van der Waals surface area contributed by atoms with Crippen molar-refractivity contribution in [2.24, 2.45) is 4.99 Å². The predicted molar refractivity (Wildman–Crippen MR) is 175 cm³/mol. The van der Waals surface area contributed by atoms with E-state index in [1.165, 1.54) is 11.3 Å². The molecule has 8 nitrogen and oxygen atoms in total. The maximum atomic E-state index is 14.2. The number of hydrogen-bond donors (Lipinski definition) is 1. The van der Waals surface area contributed by atoms with Crippen LogP contribution < -0.4 is 14.9 Å². The SMILES string of the molecule is CCOC(=O)C1=C(c2ccccc2)N=c2s/c(=C\c3cc(C)n(-c4cccc(C(=O)O)c4)c3C)c(=O)n2[C@H]1c1ccc(Cl)cc1. The zero-order chi connectivity index (χ0) is 31.8. The molecule has 1 N–H and O–H groups in total. The summed E-state index contributed by atoms with van der Waals surface area (Å²) in [6.07, 6.45) is 1.82. The number of aromatic nitrogens is 2. The van der Waals surface area contributed by atoms with Crippen LogP contribution in [0.25, 0.3) is 17.5 Å². The highest BCUT2D eigenvalue weighted by atomic mass is 35.5. The van der Waals surface area contributed by atoms with Gasteiger partial charge in [-0.2, -0.15) is 0 Å². The number of fused-ring (bicyclic) bond motifs is 1. The van der Waals surface area contributed by atoms with Crippen molar-refractivity contribution in [1.29, 1.82) is 0 Å². The molecule has 0 amide bonds. The van der Waals surface area contributed by atoms with Gasteiger partial charge in [-0.05, 0) is 74.4 Å². The molecule has 0 saturated heterocycles. The molecule has 226 valence electrons. The van der Waals surface area contributed by atoms with Crippen molar-refractivity contribution in [1.82, 2.24) is 9.13 Å². The quantitative estimate of drug-likeness (QED) is 0.231. The van der Waals surface area contributed by atoms with Gasteiger partial charge in [0.1, 0.15) is 0 Å². The van der Waals surface area contributed by atoms with E-state index < -0.39 is 18.0 Å². The molecule has 6 rings (SSSR count). The molecule has 0 fully saturated rings. The van der Waals surface area contributed by atoms with Crippen molar-refractivity contribution in [2.75, 3.05) is 6.61 Å². The number of carboxylic acids is 1. The Morgan fingerprint density at radius 1 is 1.02 bits per heavy atom. The van der Waals surface area contributed by atoms with Crippen molar-refractivity contribution in [3.63, 3.8) is 0 Å². The molecule has 3 aromatic carbocycles. The number of thiazole rings is 1. The maximum Gasteiger partial charge on any atom is 0.338 e. The van der Waals surface area contributed by atoms with E-state index in [4.69, 9.17) is 21.3 Å². The molecule has 1 atom stereocenters. The van der Waals surface area contributed by atoms with Crippen molar-refractivity contribution in [2.45, 2.75) is 26.8 Å². The molecule has 2 aromatic heterocycles. The first-order valence-electron chi connectivity index (χ1n) is 14.2. The molecule has 3 heterocycles. The van der Waals surface area contributed by atoms with Crippen LogP contribution in [-0.2, 0) is 9.53 Å². The number of halogens is 1. The van der Waals surface area contributed by atoms with Crippen LogP contribution in [0.4, 0.5) is 0 Å². The Morgan fingerprint density at radius 2 is 1.76 bits per heavy atom. The fraction of sp³-hybridized carbons (Fsp3) is 0.143. The average molecular weight is 638 g/mol. The van der Waals surface area contributed by atoms with Gasteiger partial charge in [0.2, 0.25) is 0 Å². The molecule has 1 aliphatic heterocycles. The Labute approximate surface area is 267 Å². The number of hydrogen-bond acceptors (Lipinski definition) is 6. The minimum Gasteiger partial charge on any atom is -0.478 e. The molecule has 0 spiro atoms. The van der Waals surface area contributed by atoms with Crippen molar-refractivity contribution < 1.29 is 19.4 Å². The summed E-state index contributed by atoms with van der Waals surface area (Å²) < 4.78 is 9.46. The van der Waals surface area contributed by atoms with Gasteiger partial charge >= 0.3 is 11.9 Å². The van der Waals surface area contributed by atoms with Crippen molar-refractivity contribution in [3.05, 3.63) is 149 Å². The summed E-state index contributed by atoms with van der Waals surface area (Å²) in [6.45, 7) is 5.75. The molecule has 10 heteroatoms. The summed E-state index contributed by atoms with van der Waals surface area (Å²) in [4.78, 5) is 44.8. The second-order valence-electron chi connectivity index (χ2n) is 10.5. The highest BCUT2D eigenvalue weighted by molar-refractivity contribution is 7.07. The molecular formula is C35H28ClN3O5S. The molecule has 5 aromatic rings. The number of benzene rings is 3. The third-order valence-electron chi connectivity index (χ3n) is 7.67. The Kier molecular flexibility index (Phi) is 8.14. The number of ether oxygens (including phenoxy) is 1. The number of rotatable bonds is 7. The number of carbonyl (C=O) groups is 2. The van der Waals surface area contributed by atoms with E-state index in [1.54, 1.807) is 54.0 Å². The third kappa shape index (κ3) is 5.56. The summed E-state index contributed by atoms with van der Waals surface area (Å²) in [7, 11) is 0. The largest absolute Gasteiger partial charge is 0.478 e. The molecule has 0 radical (unpaired) electrons. The average Bonchev–Trinajstić information content (AvgIpc) is 3.50. The Morgan fingerprint density at radius 3 is 2.44 bits per heavy atom. The number of esters is 1. The highest BCUT2D eigenvalue weighted by Crippen LogP contribution is 2.35. The lowest BCUT2D eigenvalue weighted by molar-refractivity contribution is -0.138. The summed E-state index contributed by atoms with van der Waals surface area (Å²) in [5.41, 5.74) is 5.23. The smallest absolute Gasteiger partial charge is 0.338 e. The van der Waals surface area contributed by atoms with E-state index in [9.17, 15) is 19.5 Å². The van der Waals surface area contributed by atoms with E-state index in [2.05, 4.69) is 0 Å². The monoisotopic (exact) mass is 637 g/mol. The van der Waals surface area contributed by atoms with E-state index in [-0.39, 0.29) is 23.3 Å². The second kappa shape index (κ2) is 12.2. The Bertz CT molecular complexity index is 2180. The fourth-order valence-electron chi connectivity index (χ4n) is 5.65. The first kappa shape index (κ1) is 30.1. The Balaban J connectivity index is 1.58. The predicted octanol–water partition coefficient (Wildman–Crippen LogP) is 5.69. The minimum absolute atomic E-state index is 0.160. The van der Waals surface area contributed by atoms with E-state index in [1.807, 2.05) is 67.0 Å². The van der Waals surface area contributed by atoms with E-state index >= 15 is 0 Å². The van der Waals surface area contributed by atoms with Gasteiger partial charge in [-0.25, -0.2) is 14.6 Å². The van der Waals surface area contributed by atoms with Gasteiger partial charge in [0.05, 0.1) is 34.0 Å². The second-order valence-corrected chi connectivity index (χ2v) is 11.9. The topological polar surface area (TPSA) is 103 Å². The lowest BCUT2D eigenvalue weighted by Crippen LogP contribution is -2.40. The first-order valence-corrected chi connectivity index (χ1v) is 15.4. The van der Waals surface area contributed by atoms with Gasteiger partial charge in [-0.3, -0.25) is 9.36 Å². The zero-order valence-corrected chi connectivity index (χ0v) is 26.2. The van der Waals surface area contributed by atoms with E-state index in [0.29, 0.717) is 31.3 Å². The van der Waals surface area contributed by atoms with Gasteiger partial charge in [0.25, 0.3) is 5.56 Å². The van der Waals surface area contributed by atoms with E-state index in [0.717, 1.165) is 22.5 Å². The first-order chi connectivity index (χ1) is 21.7. The zero-order valence-electron chi connectivity index (χ0n) is 24.7. The molecule has 0 bridgehead atoms. The van der Waals surface area contributed by atoms with Crippen LogP contribution in [0.3, 0.4) is 0 Å². The third-order valence-corrected chi connectivity index (χ3v) is 8.90. The fourth-order valence-corrected chi connectivity index (χ4v) is 6.77. The van der Waals surface area contributed by atoms with Crippen LogP contribution in [-0.4, -0.2) is 32.8 Å². The van der Waals surface area contributed by atoms with Crippen LogP contribution in [0, 0.1) is 13.8 Å². The van der Waals surface area contributed by atoms with Crippen LogP contribution in [0.2, 0.25) is 5.02 Å². The van der Waals surface area contributed by atoms with Gasteiger partial charge in [-0.15, -0.1) is 0 Å². The number of carboxylic acid groups (broad SMARTS) is 1. The number of carbonyl (C=O) groups excluding carboxylic acids is 1. The molecule has 0 unspecified atom stereocenters. The molecule has 0 saturated carbocycles. The number of nitrogens with zero attached hydrogens (tertiary/aromatic N) is 3. The summed E-state index contributed by atoms with van der Waals surface area (Å²) in [5, 5.41) is 10.0. The number of aromatic carboxylic acids is 1. The van der Waals surface area contributed by atoms with Gasteiger partial charge in [0, 0.05) is 27.7 Å². The van der Waals surface area contributed by atoms with Crippen LogP contribution in [0.1, 0.15) is 51.4 Å². The molecule has 45 heavy (non-hydrogen) atoms.